The quantitative estimate of drug-likeness (QED) is 0.875. The standard InChI is InChI=1S/C17H20FN5O2/c18-16-11(7-19)13(6-10-2-1-3-10)23-14(16)8-20-17(22-23)21-12-4-5-25-9-15(12)24/h8,10,12,15,24H,1-6,9H2,(H,21,22)/t12-,15-/m1/s1. The maximum Gasteiger partial charge on any atom is 0.241 e. The van der Waals surface area contributed by atoms with Gasteiger partial charge in [-0.25, -0.2) is 13.9 Å². The zero-order chi connectivity index (χ0) is 17.4. The van der Waals surface area contributed by atoms with E-state index in [1.54, 1.807) is 0 Å². The number of aromatic nitrogens is 3. The lowest BCUT2D eigenvalue weighted by molar-refractivity contribution is -0.0136. The molecule has 1 aliphatic heterocycles. The largest absolute Gasteiger partial charge is 0.389 e. The first kappa shape index (κ1) is 16.2. The van der Waals surface area contributed by atoms with Gasteiger partial charge in [0.15, 0.2) is 5.82 Å². The molecule has 0 bridgehead atoms. The van der Waals surface area contributed by atoms with Gasteiger partial charge < -0.3 is 15.2 Å². The second kappa shape index (κ2) is 6.58. The summed E-state index contributed by atoms with van der Waals surface area (Å²) in [5.74, 6) is 0.232. The van der Waals surface area contributed by atoms with Crippen molar-refractivity contribution in [3.05, 3.63) is 23.3 Å². The average Bonchev–Trinajstić information content (AvgIpc) is 2.84. The van der Waals surface area contributed by atoms with Crippen molar-refractivity contribution in [3.63, 3.8) is 0 Å². The Balaban J connectivity index is 1.68. The molecule has 2 aliphatic rings. The van der Waals surface area contributed by atoms with Crippen LogP contribution in [0.2, 0.25) is 0 Å². The smallest absolute Gasteiger partial charge is 0.241 e. The zero-order valence-corrected chi connectivity index (χ0v) is 13.8. The molecule has 1 saturated carbocycles. The van der Waals surface area contributed by atoms with Crippen molar-refractivity contribution >= 4 is 11.5 Å². The topological polar surface area (TPSA) is 95.5 Å². The second-order valence-corrected chi connectivity index (χ2v) is 6.81. The SMILES string of the molecule is N#Cc1c(F)c2cnc(N[C@@H]3CCOC[C@H]3O)nn2c1CC1CCC1. The fourth-order valence-corrected chi connectivity index (χ4v) is 3.46. The Bertz CT molecular complexity index is 827. The first-order valence-corrected chi connectivity index (χ1v) is 8.66. The molecule has 0 spiro atoms. The Hall–Kier alpha value is -2.24. The fraction of sp³-hybridized carbons (Fsp3) is 0.588. The van der Waals surface area contributed by atoms with Crippen LogP contribution in [0.15, 0.2) is 6.20 Å². The monoisotopic (exact) mass is 345 g/mol. The Labute approximate surface area is 144 Å². The van der Waals surface area contributed by atoms with Crippen LogP contribution in [0.5, 0.6) is 0 Å². The van der Waals surface area contributed by atoms with E-state index in [2.05, 4.69) is 15.4 Å². The third-order valence-electron chi connectivity index (χ3n) is 5.18. The van der Waals surface area contributed by atoms with Gasteiger partial charge in [-0.3, -0.25) is 0 Å². The van der Waals surface area contributed by atoms with Crippen molar-refractivity contribution in [2.45, 2.75) is 44.2 Å². The van der Waals surface area contributed by atoms with Gasteiger partial charge in [-0.15, -0.1) is 5.10 Å². The molecule has 0 unspecified atom stereocenters. The normalized spacial score (nSPS) is 24.0. The summed E-state index contributed by atoms with van der Waals surface area (Å²) in [5, 5.41) is 26.8. The van der Waals surface area contributed by atoms with Crippen molar-refractivity contribution in [2.24, 2.45) is 5.92 Å². The van der Waals surface area contributed by atoms with E-state index in [1.165, 1.54) is 17.1 Å². The summed E-state index contributed by atoms with van der Waals surface area (Å²) in [7, 11) is 0. The molecule has 2 atom stereocenters. The number of rotatable bonds is 4. The third kappa shape index (κ3) is 2.94. The molecule has 0 aromatic carbocycles. The molecule has 4 rings (SSSR count). The number of nitrogens with one attached hydrogen (secondary N) is 1. The van der Waals surface area contributed by atoms with E-state index in [-0.39, 0.29) is 23.7 Å². The predicted molar refractivity (Wildman–Crippen MR) is 87.6 cm³/mol. The van der Waals surface area contributed by atoms with Crippen molar-refractivity contribution in [1.29, 1.82) is 5.26 Å². The molecule has 132 valence electrons. The first-order valence-electron chi connectivity index (χ1n) is 8.66. The number of aliphatic hydroxyl groups excluding tert-OH is 1. The molecule has 25 heavy (non-hydrogen) atoms. The lowest BCUT2D eigenvalue weighted by Crippen LogP contribution is -2.42. The highest BCUT2D eigenvalue weighted by atomic mass is 19.1. The van der Waals surface area contributed by atoms with Gasteiger partial charge in [-0.2, -0.15) is 5.26 Å². The van der Waals surface area contributed by atoms with Crippen LogP contribution in [0.25, 0.3) is 5.52 Å². The summed E-state index contributed by atoms with van der Waals surface area (Å²) in [4.78, 5) is 4.15. The van der Waals surface area contributed by atoms with Crippen LogP contribution >= 0.6 is 0 Å². The summed E-state index contributed by atoms with van der Waals surface area (Å²) in [6, 6.07) is 1.76. The van der Waals surface area contributed by atoms with E-state index in [4.69, 9.17) is 4.74 Å². The van der Waals surface area contributed by atoms with E-state index in [1.807, 2.05) is 6.07 Å². The van der Waals surface area contributed by atoms with Crippen molar-refractivity contribution in [3.8, 4) is 6.07 Å². The number of fused-ring (bicyclic) bond motifs is 1. The van der Waals surface area contributed by atoms with Crippen molar-refractivity contribution in [1.82, 2.24) is 14.6 Å². The number of hydrogen-bond acceptors (Lipinski definition) is 6. The zero-order valence-electron chi connectivity index (χ0n) is 13.8. The van der Waals surface area contributed by atoms with E-state index < -0.39 is 11.9 Å². The third-order valence-corrected chi connectivity index (χ3v) is 5.18. The summed E-state index contributed by atoms with van der Waals surface area (Å²) in [6.07, 6.45) is 5.42. The molecule has 0 amide bonds. The first-order chi connectivity index (χ1) is 12.2. The van der Waals surface area contributed by atoms with Crippen LogP contribution in [0.1, 0.15) is 36.9 Å². The predicted octanol–water partition coefficient (Wildman–Crippen LogP) is 1.64. The van der Waals surface area contributed by atoms with Gasteiger partial charge in [-0.1, -0.05) is 19.3 Å². The average molecular weight is 345 g/mol. The summed E-state index contributed by atoms with van der Waals surface area (Å²) < 4.78 is 21.2. The summed E-state index contributed by atoms with van der Waals surface area (Å²) >= 11 is 0. The lowest BCUT2D eigenvalue weighted by Gasteiger charge is -2.28. The molecule has 0 radical (unpaired) electrons. The molecule has 2 N–H and O–H groups in total. The van der Waals surface area contributed by atoms with Crippen LogP contribution in [-0.2, 0) is 11.2 Å². The number of hydrogen-bond donors (Lipinski definition) is 2. The van der Waals surface area contributed by atoms with Crippen LogP contribution in [0, 0.1) is 23.1 Å². The van der Waals surface area contributed by atoms with Gasteiger partial charge >= 0.3 is 0 Å². The van der Waals surface area contributed by atoms with E-state index in [9.17, 15) is 14.8 Å². The maximum atomic E-state index is 14.5. The minimum atomic E-state index is -0.640. The van der Waals surface area contributed by atoms with Crippen LogP contribution in [0.4, 0.5) is 10.3 Å². The van der Waals surface area contributed by atoms with Crippen molar-refractivity contribution in [2.75, 3.05) is 18.5 Å². The van der Waals surface area contributed by atoms with E-state index in [0.29, 0.717) is 37.0 Å². The number of halogens is 1. The van der Waals surface area contributed by atoms with Crippen LogP contribution in [-0.4, -0.2) is 45.1 Å². The highest BCUT2D eigenvalue weighted by Gasteiger charge is 2.27. The number of ether oxygens (including phenoxy) is 1. The van der Waals surface area contributed by atoms with Gasteiger partial charge in [0.25, 0.3) is 0 Å². The molecule has 1 aliphatic carbocycles. The van der Waals surface area contributed by atoms with Gasteiger partial charge in [0.05, 0.1) is 30.6 Å². The van der Waals surface area contributed by atoms with Crippen LogP contribution < -0.4 is 5.32 Å². The maximum absolute atomic E-state index is 14.5. The lowest BCUT2D eigenvalue weighted by atomic mass is 9.82. The molecule has 2 aromatic rings. The van der Waals surface area contributed by atoms with Gasteiger partial charge in [-0.05, 0) is 18.8 Å². The number of nitriles is 1. The Morgan fingerprint density at radius 2 is 2.28 bits per heavy atom. The number of nitrogens with zero attached hydrogens (tertiary/aromatic N) is 4. The number of aliphatic hydroxyl groups is 1. The van der Waals surface area contributed by atoms with Gasteiger partial charge in [0.2, 0.25) is 5.95 Å². The highest BCUT2D eigenvalue weighted by molar-refractivity contribution is 5.58. The highest BCUT2D eigenvalue weighted by Crippen LogP contribution is 2.32. The number of anilines is 1. The van der Waals surface area contributed by atoms with Crippen LogP contribution in [0.3, 0.4) is 0 Å². The van der Waals surface area contributed by atoms with Gasteiger partial charge in [0, 0.05) is 6.61 Å². The fourth-order valence-electron chi connectivity index (χ4n) is 3.46. The Morgan fingerprint density at radius 1 is 1.44 bits per heavy atom. The molecular formula is C17H20FN5O2. The second-order valence-electron chi connectivity index (χ2n) is 6.81. The minimum Gasteiger partial charge on any atom is -0.389 e. The molecule has 2 fully saturated rings. The molecule has 7 nitrogen and oxygen atoms in total. The molecular weight excluding hydrogens is 325 g/mol. The Morgan fingerprint density at radius 3 is 2.96 bits per heavy atom. The van der Waals surface area contributed by atoms with E-state index in [0.717, 1.165) is 12.8 Å². The van der Waals surface area contributed by atoms with Gasteiger partial charge in [0.1, 0.15) is 17.1 Å². The van der Waals surface area contributed by atoms with Crippen molar-refractivity contribution < 1.29 is 14.2 Å². The molecule has 2 aromatic heterocycles. The Kier molecular flexibility index (Phi) is 4.27. The molecule has 8 heteroatoms. The summed E-state index contributed by atoms with van der Waals surface area (Å²) in [5.41, 5.74) is 0.881. The van der Waals surface area contributed by atoms with E-state index >= 15 is 0 Å². The minimum absolute atomic E-state index is 0.0597. The summed E-state index contributed by atoms with van der Waals surface area (Å²) in [6.45, 7) is 0.824. The molecule has 3 heterocycles. The molecule has 1 saturated heterocycles.